The predicted octanol–water partition coefficient (Wildman–Crippen LogP) is 2.93. The Kier molecular flexibility index (Phi) is 6.39. The van der Waals surface area contributed by atoms with Gasteiger partial charge < -0.3 is 18.3 Å². The van der Waals surface area contributed by atoms with E-state index in [4.69, 9.17) is 18.3 Å². The van der Waals surface area contributed by atoms with Crippen LogP contribution in [-0.4, -0.2) is 30.9 Å². The Labute approximate surface area is 118 Å². The van der Waals surface area contributed by atoms with Gasteiger partial charge in [-0.1, -0.05) is 5.16 Å². The van der Waals surface area contributed by atoms with Crippen molar-refractivity contribution in [2.45, 2.75) is 33.9 Å². The Morgan fingerprint density at radius 1 is 1.20 bits per heavy atom. The summed E-state index contributed by atoms with van der Waals surface area (Å²) in [4.78, 5) is 11.9. The molecule has 8 heteroatoms. The van der Waals surface area contributed by atoms with Crippen LogP contribution in [0.15, 0.2) is 4.52 Å². The zero-order valence-corrected chi connectivity index (χ0v) is 13.1. The summed E-state index contributed by atoms with van der Waals surface area (Å²) >= 11 is 0. The second kappa shape index (κ2) is 7.57. The molecule has 0 spiro atoms. The summed E-state index contributed by atoms with van der Waals surface area (Å²) in [6, 6.07) is 0. The third-order valence-electron chi connectivity index (χ3n) is 2.41. The van der Waals surface area contributed by atoms with Crippen molar-refractivity contribution in [2.24, 2.45) is 0 Å². The Bertz CT molecular complexity index is 488. The minimum atomic E-state index is -3.34. The van der Waals surface area contributed by atoms with Gasteiger partial charge in [-0.05, 0) is 27.7 Å². The summed E-state index contributed by atoms with van der Waals surface area (Å²) in [5, 5.41) is 3.76. The predicted molar refractivity (Wildman–Crippen MR) is 71.8 cm³/mol. The third kappa shape index (κ3) is 4.16. The average molecular weight is 305 g/mol. The second-order valence-electron chi connectivity index (χ2n) is 3.89. The molecule has 0 aliphatic heterocycles. The van der Waals surface area contributed by atoms with Gasteiger partial charge in [-0.3, -0.25) is 4.57 Å². The van der Waals surface area contributed by atoms with Crippen molar-refractivity contribution in [3.63, 3.8) is 0 Å². The molecule has 0 radical (unpaired) electrons. The molecule has 20 heavy (non-hydrogen) atoms. The van der Waals surface area contributed by atoms with Crippen LogP contribution < -0.4 is 0 Å². The Balaban J connectivity index is 3.02. The van der Waals surface area contributed by atoms with Crippen molar-refractivity contribution >= 4 is 13.6 Å². The van der Waals surface area contributed by atoms with E-state index in [0.29, 0.717) is 5.76 Å². The number of hydrogen-bond donors (Lipinski definition) is 0. The maximum Gasteiger partial charge on any atom is 0.343 e. The average Bonchev–Trinajstić information content (AvgIpc) is 2.71. The molecule has 1 heterocycles. The van der Waals surface area contributed by atoms with Crippen LogP contribution in [0.25, 0.3) is 0 Å². The van der Waals surface area contributed by atoms with Crippen molar-refractivity contribution < 1.29 is 27.7 Å². The summed E-state index contributed by atoms with van der Waals surface area (Å²) in [6.45, 7) is 7.43. The topological polar surface area (TPSA) is 87.9 Å². The lowest BCUT2D eigenvalue weighted by molar-refractivity contribution is 0.0523. The first-order chi connectivity index (χ1) is 9.47. The minimum absolute atomic E-state index is 0.125. The number of nitrogens with zero attached hydrogens (tertiary/aromatic N) is 1. The first-order valence-corrected chi connectivity index (χ1v) is 8.20. The molecule has 0 saturated carbocycles. The highest BCUT2D eigenvalue weighted by atomic mass is 31.2. The van der Waals surface area contributed by atoms with Crippen LogP contribution >= 0.6 is 7.60 Å². The molecule has 1 aromatic heterocycles. The minimum Gasteiger partial charge on any atom is -0.462 e. The highest BCUT2D eigenvalue weighted by molar-refractivity contribution is 7.53. The van der Waals surface area contributed by atoms with E-state index in [-0.39, 0.29) is 37.2 Å². The fraction of sp³-hybridized carbons (Fsp3) is 0.667. The van der Waals surface area contributed by atoms with Gasteiger partial charge in [0.2, 0.25) is 0 Å². The molecule has 1 aromatic rings. The van der Waals surface area contributed by atoms with Crippen LogP contribution in [0.1, 0.15) is 42.6 Å². The normalized spacial score (nSPS) is 11.6. The van der Waals surface area contributed by atoms with E-state index < -0.39 is 13.6 Å². The SMILES string of the molecule is CCOC(=O)c1c(CP(=O)(OCC)OCC)noc1C. The monoisotopic (exact) mass is 305 g/mol. The maximum absolute atomic E-state index is 12.4. The molecule has 0 unspecified atom stereocenters. The van der Waals surface area contributed by atoms with Crippen molar-refractivity contribution in [2.75, 3.05) is 19.8 Å². The standard InChI is InChI=1S/C12H20NO6P/c1-5-16-12(14)11-9(4)19-13-10(11)8-20(15,17-6-2)18-7-3/h5-8H2,1-4H3. The van der Waals surface area contributed by atoms with E-state index in [1.165, 1.54) is 0 Å². The lowest BCUT2D eigenvalue weighted by Crippen LogP contribution is -2.09. The maximum atomic E-state index is 12.4. The number of esters is 1. The van der Waals surface area contributed by atoms with E-state index >= 15 is 0 Å². The molecule has 0 N–H and O–H groups in total. The molecule has 0 aromatic carbocycles. The van der Waals surface area contributed by atoms with Crippen LogP contribution in [-0.2, 0) is 24.5 Å². The lowest BCUT2D eigenvalue weighted by atomic mass is 10.2. The number of ether oxygens (including phenoxy) is 1. The molecule has 1 rings (SSSR count). The van der Waals surface area contributed by atoms with E-state index in [1.807, 2.05) is 0 Å². The fourth-order valence-electron chi connectivity index (χ4n) is 1.70. The quantitative estimate of drug-likeness (QED) is 0.539. The third-order valence-corrected chi connectivity index (χ3v) is 4.40. The summed E-state index contributed by atoms with van der Waals surface area (Å²) in [7, 11) is -3.34. The van der Waals surface area contributed by atoms with Crippen molar-refractivity contribution in [1.82, 2.24) is 5.16 Å². The first kappa shape index (κ1) is 16.9. The van der Waals surface area contributed by atoms with Gasteiger partial charge in [0.15, 0.2) is 0 Å². The molecule has 114 valence electrons. The van der Waals surface area contributed by atoms with Gasteiger partial charge in [0.25, 0.3) is 0 Å². The van der Waals surface area contributed by atoms with E-state index in [0.717, 1.165) is 0 Å². The Morgan fingerprint density at radius 3 is 2.30 bits per heavy atom. The molecule has 0 atom stereocenters. The summed E-state index contributed by atoms with van der Waals surface area (Å²) < 4.78 is 32.7. The van der Waals surface area contributed by atoms with Crippen molar-refractivity contribution in [3.05, 3.63) is 17.0 Å². The lowest BCUT2D eigenvalue weighted by Gasteiger charge is -2.15. The molecular weight excluding hydrogens is 285 g/mol. The molecule has 0 aliphatic rings. The van der Waals surface area contributed by atoms with Gasteiger partial charge in [-0.25, -0.2) is 4.79 Å². The number of carbonyl (C=O) groups is 1. The molecule has 0 aliphatic carbocycles. The summed E-state index contributed by atoms with van der Waals surface area (Å²) in [5.41, 5.74) is 0.415. The fourth-order valence-corrected chi connectivity index (χ4v) is 3.32. The highest BCUT2D eigenvalue weighted by Crippen LogP contribution is 2.51. The first-order valence-electron chi connectivity index (χ1n) is 6.47. The van der Waals surface area contributed by atoms with Crippen molar-refractivity contribution in [3.8, 4) is 0 Å². The molecule has 0 saturated heterocycles. The number of rotatable bonds is 8. The number of aryl methyl sites for hydroxylation is 1. The van der Waals surface area contributed by atoms with Crippen LogP contribution in [0, 0.1) is 6.92 Å². The largest absolute Gasteiger partial charge is 0.462 e. The van der Waals surface area contributed by atoms with Crippen LogP contribution in [0.4, 0.5) is 0 Å². The van der Waals surface area contributed by atoms with Crippen LogP contribution in [0.3, 0.4) is 0 Å². The van der Waals surface area contributed by atoms with Gasteiger partial charge in [0.1, 0.15) is 17.0 Å². The van der Waals surface area contributed by atoms with Gasteiger partial charge in [-0.2, -0.15) is 0 Å². The second-order valence-corrected chi connectivity index (χ2v) is 5.94. The van der Waals surface area contributed by atoms with Crippen LogP contribution in [0.5, 0.6) is 0 Å². The zero-order valence-electron chi connectivity index (χ0n) is 12.2. The van der Waals surface area contributed by atoms with Crippen molar-refractivity contribution in [1.29, 1.82) is 0 Å². The molecule has 0 fully saturated rings. The van der Waals surface area contributed by atoms with Gasteiger partial charge in [-0.15, -0.1) is 0 Å². The van der Waals surface area contributed by atoms with E-state index in [9.17, 15) is 9.36 Å². The molecular formula is C12H20NO6P. The van der Waals surface area contributed by atoms with Gasteiger partial charge >= 0.3 is 13.6 Å². The smallest absolute Gasteiger partial charge is 0.343 e. The van der Waals surface area contributed by atoms with Gasteiger partial charge in [0.05, 0.1) is 26.0 Å². The molecule has 0 bridgehead atoms. The van der Waals surface area contributed by atoms with Gasteiger partial charge in [0, 0.05) is 0 Å². The number of aromatic nitrogens is 1. The Morgan fingerprint density at radius 2 is 1.80 bits per heavy atom. The molecule has 7 nitrogen and oxygen atoms in total. The highest BCUT2D eigenvalue weighted by Gasteiger charge is 2.31. The molecule has 0 amide bonds. The number of carbonyl (C=O) groups excluding carboxylic acids is 1. The Hall–Kier alpha value is -1.17. The zero-order chi connectivity index (χ0) is 15.2. The number of hydrogen-bond acceptors (Lipinski definition) is 7. The van der Waals surface area contributed by atoms with Crippen LogP contribution in [0.2, 0.25) is 0 Å². The van der Waals surface area contributed by atoms with E-state index in [1.54, 1.807) is 27.7 Å². The van der Waals surface area contributed by atoms with E-state index in [2.05, 4.69) is 5.16 Å². The summed E-state index contributed by atoms with van der Waals surface area (Å²) in [5.74, 6) is -0.237. The summed E-state index contributed by atoms with van der Waals surface area (Å²) in [6.07, 6.45) is -0.125.